The zero-order chi connectivity index (χ0) is 14.5. The first-order valence-electron chi connectivity index (χ1n) is 6.04. The lowest BCUT2D eigenvalue weighted by Crippen LogP contribution is -2.28. The minimum absolute atomic E-state index is 0.317. The minimum Gasteiger partial charge on any atom is -0.366 e. The molecular weight excluding hydrogens is 274 g/mol. The normalized spacial score (nSPS) is 10.1. The molecule has 4 N–H and O–H groups in total. The molecule has 1 aromatic heterocycles. The molecule has 0 spiro atoms. The molecule has 0 bridgehead atoms. The highest BCUT2D eigenvalue weighted by Crippen LogP contribution is 2.18. The van der Waals surface area contributed by atoms with E-state index in [1.807, 2.05) is 17.5 Å². The molecule has 20 heavy (non-hydrogen) atoms. The molecule has 0 fully saturated rings. The second-order valence-corrected chi connectivity index (χ2v) is 5.26. The third kappa shape index (κ3) is 3.36. The van der Waals surface area contributed by atoms with Crippen LogP contribution in [0, 0.1) is 6.92 Å². The van der Waals surface area contributed by atoms with Crippen molar-refractivity contribution in [2.24, 2.45) is 5.73 Å². The highest BCUT2D eigenvalue weighted by Gasteiger charge is 2.10. The quantitative estimate of drug-likeness (QED) is 0.808. The Hall–Kier alpha value is -2.34. The summed E-state index contributed by atoms with van der Waals surface area (Å²) in [6.45, 7) is 2.22. The van der Waals surface area contributed by atoms with Crippen LogP contribution in [0.1, 0.15) is 20.8 Å². The van der Waals surface area contributed by atoms with E-state index in [-0.39, 0.29) is 6.03 Å². The SMILES string of the molecule is Cc1c(NC(=O)NCc2cccs2)cccc1C(N)=O. The van der Waals surface area contributed by atoms with Crippen molar-refractivity contribution in [3.05, 3.63) is 51.7 Å². The average molecular weight is 289 g/mol. The van der Waals surface area contributed by atoms with Gasteiger partial charge in [-0.2, -0.15) is 0 Å². The number of amides is 3. The Morgan fingerprint density at radius 3 is 2.70 bits per heavy atom. The van der Waals surface area contributed by atoms with Crippen LogP contribution in [-0.4, -0.2) is 11.9 Å². The van der Waals surface area contributed by atoms with Crippen LogP contribution in [0.2, 0.25) is 0 Å². The molecule has 0 aliphatic heterocycles. The van der Waals surface area contributed by atoms with E-state index in [9.17, 15) is 9.59 Å². The van der Waals surface area contributed by atoms with E-state index < -0.39 is 5.91 Å². The molecule has 0 atom stereocenters. The number of thiophene rings is 1. The Labute approximate surface area is 120 Å². The van der Waals surface area contributed by atoms with E-state index in [1.54, 1.807) is 36.5 Å². The molecule has 0 aliphatic carbocycles. The van der Waals surface area contributed by atoms with Gasteiger partial charge < -0.3 is 16.4 Å². The summed E-state index contributed by atoms with van der Waals surface area (Å²) in [7, 11) is 0. The van der Waals surface area contributed by atoms with Crippen molar-refractivity contribution in [1.82, 2.24) is 5.32 Å². The maximum Gasteiger partial charge on any atom is 0.319 e. The van der Waals surface area contributed by atoms with Crippen LogP contribution in [0.5, 0.6) is 0 Å². The number of rotatable bonds is 4. The zero-order valence-electron chi connectivity index (χ0n) is 11.0. The van der Waals surface area contributed by atoms with Gasteiger partial charge in [0.15, 0.2) is 0 Å². The number of nitrogens with two attached hydrogens (primary N) is 1. The van der Waals surface area contributed by atoms with E-state index in [1.165, 1.54) is 0 Å². The second kappa shape index (κ2) is 6.21. The molecule has 2 rings (SSSR count). The highest BCUT2D eigenvalue weighted by atomic mass is 32.1. The smallest absolute Gasteiger partial charge is 0.319 e. The second-order valence-electron chi connectivity index (χ2n) is 4.23. The maximum absolute atomic E-state index is 11.8. The zero-order valence-corrected chi connectivity index (χ0v) is 11.8. The number of carbonyl (C=O) groups is 2. The number of benzene rings is 1. The number of hydrogen-bond acceptors (Lipinski definition) is 3. The van der Waals surface area contributed by atoms with Gasteiger partial charge in [-0.25, -0.2) is 4.79 Å². The lowest BCUT2D eigenvalue weighted by atomic mass is 10.1. The Kier molecular flexibility index (Phi) is 4.37. The van der Waals surface area contributed by atoms with Crippen molar-refractivity contribution >= 4 is 29.0 Å². The van der Waals surface area contributed by atoms with Crippen molar-refractivity contribution in [3.8, 4) is 0 Å². The summed E-state index contributed by atoms with van der Waals surface area (Å²) >= 11 is 1.58. The fourth-order valence-corrected chi connectivity index (χ4v) is 2.43. The Balaban J connectivity index is 2.01. The fourth-order valence-electron chi connectivity index (χ4n) is 1.79. The monoisotopic (exact) mass is 289 g/mol. The third-order valence-corrected chi connectivity index (χ3v) is 3.73. The van der Waals surface area contributed by atoms with Gasteiger partial charge in [0.05, 0.1) is 6.54 Å². The van der Waals surface area contributed by atoms with Crippen LogP contribution in [0.25, 0.3) is 0 Å². The summed E-state index contributed by atoms with van der Waals surface area (Å²) in [4.78, 5) is 24.1. The molecule has 0 unspecified atom stereocenters. The molecule has 2 aromatic rings. The number of urea groups is 1. The standard InChI is InChI=1S/C14H15N3O2S/c1-9-11(13(15)18)5-2-6-12(9)17-14(19)16-8-10-4-3-7-20-10/h2-7H,8H2,1H3,(H2,15,18)(H2,16,17,19). The van der Waals surface area contributed by atoms with Crippen LogP contribution in [0.3, 0.4) is 0 Å². The largest absolute Gasteiger partial charge is 0.366 e. The summed E-state index contributed by atoms with van der Waals surface area (Å²) in [6.07, 6.45) is 0. The molecule has 6 heteroatoms. The van der Waals surface area contributed by atoms with Gasteiger partial charge in [-0.05, 0) is 36.1 Å². The van der Waals surface area contributed by atoms with Gasteiger partial charge in [0.1, 0.15) is 0 Å². The summed E-state index contributed by atoms with van der Waals surface area (Å²) in [5.41, 5.74) is 6.91. The highest BCUT2D eigenvalue weighted by molar-refractivity contribution is 7.09. The summed E-state index contributed by atoms with van der Waals surface area (Å²) in [5, 5.41) is 7.42. The molecule has 1 heterocycles. The summed E-state index contributed by atoms with van der Waals surface area (Å²) in [5.74, 6) is -0.509. The molecule has 3 amide bonds. The van der Waals surface area contributed by atoms with E-state index in [4.69, 9.17) is 5.73 Å². The van der Waals surface area contributed by atoms with Gasteiger partial charge in [0.2, 0.25) is 5.91 Å². The van der Waals surface area contributed by atoms with Gasteiger partial charge in [0.25, 0.3) is 0 Å². The van der Waals surface area contributed by atoms with Crippen molar-refractivity contribution in [2.45, 2.75) is 13.5 Å². The predicted molar refractivity (Wildman–Crippen MR) is 79.9 cm³/mol. The van der Waals surface area contributed by atoms with E-state index in [0.717, 1.165) is 4.88 Å². The number of hydrogen-bond donors (Lipinski definition) is 3. The Bertz CT molecular complexity index is 623. The number of primary amides is 1. The minimum atomic E-state index is -0.509. The van der Waals surface area contributed by atoms with Crippen LogP contribution < -0.4 is 16.4 Å². The molecule has 0 saturated heterocycles. The van der Waals surface area contributed by atoms with Crippen LogP contribution in [0.15, 0.2) is 35.7 Å². The van der Waals surface area contributed by atoms with Crippen LogP contribution >= 0.6 is 11.3 Å². The van der Waals surface area contributed by atoms with Gasteiger partial charge in [-0.3, -0.25) is 4.79 Å². The summed E-state index contributed by atoms with van der Waals surface area (Å²) < 4.78 is 0. The van der Waals surface area contributed by atoms with E-state index in [0.29, 0.717) is 23.4 Å². The first kappa shape index (κ1) is 14.1. The van der Waals surface area contributed by atoms with Crippen LogP contribution in [0.4, 0.5) is 10.5 Å². The Morgan fingerprint density at radius 2 is 2.05 bits per heavy atom. The maximum atomic E-state index is 11.8. The molecule has 0 aliphatic rings. The topological polar surface area (TPSA) is 84.2 Å². The fraction of sp³-hybridized carbons (Fsp3) is 0.143. The van der Waals surface area contributed by atoms with Gasteiger partial charge in [-0.15, -0.1) is 11.3 Å². The van der Waals surface area contributed by atoms with Crippen molar-refractivity contribution in [2.75, 3.05) is 5.32 Å². The first-order chi connectivity index (χ1) is 9.58. The number of anilines is 1. The van der Waals surface area contributed by atoms with E-state index >= 15 is 0 Å². The summed E-state index contributed by atoms with van der Waals surface area (Å²) in [6, 6.07) is 8.60. The number of nitrogens with one attached hydrogen (secondary N) is 2. The first-order valence-corrected chi connectivity index (χ1v) is 6.92. The molecule has 5 nitrogen and oxygen atoms in total. The van der Waals surface area contributed by atoms with Crippen molar-refractivity contribution in [1.29, 1.82) is 0 Å². The molecule has 0 radical (unpaired) electrons. The van der Waals surface area contributed by atoms with Gasteiger partial charge in [0, 0.05) is 16.1 Å². The predicted octanol–water partition coefficient (Wildman–Crippen LogP) is 2.48. The third-order valence-electron chi connectivity index (χ3n) is 2.85. The molecular formula is C14H15N3O2S. The van der Waals surface area contributed by atoms with Gasteiger partial charge in [-0.1, -0.05) is 12.1 Å². The lowest BCUT2D eigenvalue weighted by Gasteiger charge is -2.11. The molecule has 1 aromatic carbocycles. The Morgan fingerprint density at radius 1 is 1.25 bits per heavy atom. The molecule has 104 valence electrons. The average Bonchev–Trinajstić information content (AvgIpc) is 2.91. The van der Waals surface area contributed by atoms with Crippen molar-refractivity contribution in [3.63, 3.8) is 0 Å². The molecule has 0 saturated carbocycles. The lowest BCUT2D eigenvalue weighted by molar-refractivity contribution is 0.0999. The number of carbonyl (C=O) groups excluding carboxylic acids is 2. The van der Waals surface area contributed by atoms with Crippen molar-refractivity contribution < 1.29 is 9.59 Å². The van der Waals surface area contributed by atoms with Gasteiger partial charge >= 0.3 is 6.03 Å². The van der Waals surface area contributed by atoms with Crippen LogP contribution in [-0.2, 0) is 6.54 Å². The van der Waals surface area contributed by atoms with E-state index in [2.05, 4.69) is 10.6 Å².